The lowest BCUT2D eigenvalue weighted by atomic mass is 10.2. The molecule has 2 aromatic carbocycles. The average Bonchev–Trinajstić information content (AvgIpc) is 2.85. The first-order chi connectivity index (χ1) is 15.8. The van der Waals surface area contributed by atoms with Crippen LogP contribution in [0.2, 0.25) is 0 Å². The first kappa shape index (κ1) is 23.8. The van der Waals surface area contributed by atoms with Crippen molar-refractivity contribution in [2.24, 2.45) is 0 Å². The molecule has 0 atom stereocenters. The number of ether oxygens (including phenoxy) is 1. The molecule has 0 aliphatic carbocycles. The van der Waals surface area contributed by atoms with Crippen molar-refractivity contribution in [3.63, 3.8) is 0 Å². The Hall–Kier alpha value is -2.31. The maximum atomic E-state index is 12.9. The zero-order valence-corrected chi connectivity index (χ0v) is 19.8. The fourth-order valence-electron chi connectivity index (χ4n) is 3.90. The lowest BCUT2D eigenvalue weighted by Gasteiger charge is -2.26. The fourth-order valence-corrected chi connectivity index (χ4v) is 6.87. The Kier molecular flexibility index (Phi) is 7.15. The number of nitrogens with one attached hydrogen (secondary N) is 1. The second-order valence-electron chi connectivity index (χ2n) is 7.99. The summed E-state index contributed by atoms with van der Waals surface area (Å²) in [5.41, 5.74) is 0.605. The zero-order chi connectivity index (χ0) is 23.5. The number of morpholine rings is 1. The van der Waals surface area contributed by atoms with Gasteiger partial charge in [0.15, 0.2) is 0 Å². The van der Waals surface area contributed by atoms with E-state index in [2.05, 4.69) is 5.32 Å². The molecule has 4 rings (SSSR count). The first-order valence-electron chi connectivity index (χ1n) is 10.9. The average molecular weight is 494 g/mol. The van der Waals surface area contributed by atoms with Crippen LogP contribution in [-0.4, -0.2) is 70.7 Å². The summed E-state index contributed by atoms with van der Waals surface area (Å²) in [4.78, 5) is 13.0. The normalized spacial score (nSPS) is 18.7. The predicted molar refractivity (Wildman–Crippen MR) is 123 cm³/mol. The Labute approximate surface area is 194 Å². The van der Waals surface area contributed by atoms with Crippen LogP contribution in [-0.2, 0) is 24.8 Å². The van der Waals surface area contributed by atoms with Gasteiger partial charge in [0.25, 0.3) is 5.91 Å². The summed E-state index contributed by atoms with van der Waals surface area (Å²) in [7, 11) is -7.27. The fraction of sp³-hybridized carbons (Fsp3) is 0.409. The van der Waals surface area contributed by atoms with Crippen molar-refractivity contribution in [3.05, 3.63) is 54.1 Å². The molecule has 11 heteroatoms. The molecule has 2 saturated heterocycles. The number of anilines is 1. The Morgan fingerprint density at radius 2 is 1.36 bits per heavy atom. The van der Waals surface area contributed by atoms with Gasteiger partial charge in [-0.1, -0.05) is 12.5 Å². The Morgan fingerprint density at radius 3 is 2.03 bits per heavy atom. The molecule has 1 amide bonds. The van der Waals surface area contributed by atoms with E-state index in [1.54, 1.807) is 0 Å². The molecule has 2 aliphatic heterocycles. The van der Waals surface area contributed by atoms with Crippen LogP contribution in [0, 0.1) is 0 Å². The van der Waals surface area contributed by atoms with Crippen molar-refractivity contribution in [1.82, 2.24) is 8.61 Å². The van der Waals surface area contributed by atoms with E-state index in [9.17, 15) is 21.6 Å². The van der Waals surface area contributed by atoms with Crippen molar-refractivity contribution in [1.29, 1.82) is 0 Å². The van der Waals surface area contributed by atoms with Crippen molar-refractivity contribution in [2.75, 3.05) is 44.7 Å². The highest BCUT2D eigenvalue weighted by molar-refractivity contribution is 7.89. The van der Waals surface area contributed by atoms with Crippen LogP contribution in [0.25, 0.3) is 0 Å². The second-order valence-corrected chi connectivity index (χ2v) is 11.9. The molecule has 2 fully saturated rings. The van der Waals surface area contributed by atoms with E-state index in [0.29, 0.717) is 32.0 Å². The molecule has 2 heterocycles. The number of hydrogen-bond donors (Lipinski definition) is 1. The maximum Gasteiger partial charge on any atom is 0.255 e. The first-order valence-corrected chi connectivity index (χ1v) is 13.8. The number of benzene rings is 2. The van der Waals surface area contributed by atoms with Gasteiger partial charge in [-0.15, -0.1) is 0 Å². The standard InChI is InChI=1S/C22H27N3O6S2/c26-22(18-5-4-6-21(17-18)33(29,30)25-13-15-31-16-14-25)23-19-7-9-20(10-8-19)32(27,28)24-11-2-1-3-12-24/h4-10,17H,1-3,11-16H2,(H,23,26). The maximum absolute atomic E-state index is 12.9. The number of amides is 1. The number of carbonyl (C=O) groups excluding carboxylic acids is 1. The van der Waals surface area contributed by atoms with Gasteiger partial charge < -0.3 is 10.1 Å². The molecule has 178 valence electrons. The smallest absolute Gasteiger partial charge is 0.255 e. The third-order valence-corrected chi connectivity index (χ3v) is 9.58. The van der Waals surface area contributed by atoms with Gasteiger partial charge in [-0.25, -0.2) is 16.8 Å². The molecular weight excluding hydrogens is 466 g/mol. The molecular formula is C22H27N3O6S2. The van der Waals surface area contributed by atoms with Crippen LogP contribution in [0.4, 0.5) is 5.69 Å². The van der Waals surface area contributed by atoms with Crippen molar-refractivity contribution < 1.29 is 26.4 Å². The number of piperidine rings is 1. The van der Waals surface area contributed by atoms with Gasteiger partial charge in [-0.05, 0) is 55.3 Å². The van der Waals surface area contributed by atoms with Crippen LogP contribution in [0.5, 0.6) is 0 Å². The Morgan fingerprint density at radius 1 is 0.758 bits per heavy atom. The van der Waals surface area contributed by atoms with Crippen LogP contribution >= 0.6 is 0 Å². The van der Waals surface area contributed by atoms with Crippen LogP contribution in [0.15, 0.2) is 58.3 Å². The summed E-state index contributed by atoms with van der Waals surface area (Å²) in [6, 6.07) is 11.9. The molecule has 0 unspecified atom stereocenters. The molecule has 33 heavy (non-hydrogen) atoms. The molecule has 0 spiro atoms. The topological polar surface area (TPSA) is 113 Å². The van der Waals surface area contributed by atoms with Crippen LogP contribution in [0.1, 0.15) is 29.6 Å². The number of hydrogen-bond acceptors (Lipinski definition) is 6. The minimum absolute atomic E-state index is 0.0417. The molecule has 0 radical (unpaired) electrons. The van der Waals surface area contributed by atoms with Crippen molar-refractivity contribution in [2.45, 2.75) is 29.1 Å². The number of nitrogens with zero attached hydrogens (tertiary/aromatic N) is 2. The predicted octanol–water partition coefficient (Wildman–Crippen LogP) is 2.13. The number of sulfonamides is 2. The van der Waals surface area contributed by atoms with E-state index >= 15 is 0 Å². The quantitative estimate of drug-likeness (QED) is 0.660. The third-order valence-electron chi connectivity index (χ3n) is 5.77. The zero-order valence-electron chi connectivity index (χ0n) is 18.1. The van der Waals surface area contributed by atoms with E-state index in [1.165, 1.54) is 57.1 Å². The van der Waals surface area contributed by atoms with Gasteiger partial charge >= 0.3 is 0 Å². The van der Waals surface area contributed by atoms with Crippen LogP contribution in [0.3, 0.4) is 0 Å². The molecule has 9 nitrogen and oxygen atoms in total. The monoisotopic (exact) mass is 493 g/mol. The Bertz CT molecular complexity index is 1200. The molecule has 0 saturated carbocycles. The molecule has 2 aliphatic rings. The minimum Gasteiger partial charge on any atom is -0.379 e. The van der Waals surface area contributed by atoms with E-state index < -0.39 is 26.0 Å². The van der Waals surface area contributed by atoms with Gasteiger partial charge in [0, 0.05) is 37.4 Å². The SMILES string of the molecule is O=C(Nc1ccc(S(=O)(=O)N2CCCCC2)cc1)c1cccc(S(=O)(=O)N2CCOCC2)c1. The van der Waals surface area contributed by atoms with E-state index in [1.807, 2.05) is 0 Å². The third kappa shape index (κ3) is 5.28. The number of carbonyl (C=O) groups is 1. The highest BCUT2D eigenvalue weighted by Crippen LogP contribution is 2.23. The second kappa shape index (κ2) is 9.90. The molecule has 1 N–H and O–H groups in total. The molecule has 0 bridgehead atoms. The molecule has 2 aromatic rings. The summed E-state index contributed by atoms with van der Waals surface area (Å²) in [6.45, 7) is 2.25. The lowest BCUT2D eigenvalue weighted by molar-refractivity contribution is 0.0730. The van der Waals surface area contributed by atoms with E-state index in [-0.39, 0.29) is 28.4 Å². The van der Waals surface area contributed by atoms with Crippen LogP contribution < -0.4 is 5.32 Å². The summed E-state index contributed by atoms with van der Waals surface area (Å²) in [6.07, 6.45) is 2.74. The number of rotatable bonds is 6. The van der Waals surface area contributed by atoms with Gasteiger partial charge in [0.1, 0.15) is 0 Å². The summed E-state index contributed by atoms with van der Waals surface area (Å²) >= 11 is 0. The minimum atomic E-state index is -3.72. The summed E-state index contributed by atoms with van der Waals surface area (Å²) in [5, 5.41) is 2.70. The summed E-state index contributed by atoms with van der Waals surface area (Å²) in [5.74, 6) is -0.485. The molecule has 0 aromatic heterocycles. The van der Waals surface area contributed by atoms with E-state index in [0.717, 1.165) is 19.3 Å². The van der Waals surface area contributed by atoms with E-state index in [4.69, 9.17) is 4.74 Å². The van der Waals surface area contributed by atoms with Gasteiger partial charge in [-0.2, -0.15) is 8.61 Å². The lowest BCUT2D eigenvalue weighted by Crippen LogP contribution is -2.40. The van der Waals surface area contributed by atoms with Crippen molar-refractivity contribution >= 4 is 31.6 Å². The Balaban J connectivity index is 1.47. The van der Waals surface area contributed by atoms with Gasteiger partial charge in [0.2, 0.25) is 20.0 Å². The van der Waals surface area contributed by atoms with Gasteiger partial charge in [-0.3, -0.25) is 4.79 Å². The van der Waals surface area contributed by atoms with Gasteiger partial charge in [0.05, 0.1) is 23.0 Å². The van der Waals surface area contributed by atoms with Crippen molar-refractivity contribution in [3.8, 4) is 0 Å². The highest BCUT2D eigenvalue weighted by Gasteiger charge is 2.27. The largest absolute Gasteiger partial charge is 0.379 e. The summed E-state index contributed by atoms with van der Waals surface area (Å²) < 4.78 is 59.3. The highest BCUT2D eigenvalue weighted by atomic mass is 32.2.